The molecular formula is C15H19N3O3. The zero-order valence-corrected chi connectivity index (χ0v) is 12.1. The minimum Gasteiger partial charge on any atom is -0.497 e. The Kier molecular flexibility index (Phi) is 4.94. The fraction of sp³-hybridized carbons (Fsp3) is 0.333. The Labute approximate surface area is 123 Å². The van der Waals surface area contributed by atoms with Gasteiger partial charge in [0.1, 0.15) is 11.4 Å². The number of aryl methyl sites for hydroxylation is 1. The quantitative estimate of drug-likeness (QED) is 0.753. The van der Waals surface area contributed by atoms with Gasteiger partial charge in [-0.25, -0.2) is 0 Å². The maximum absolute atomic E-state index is 12.1. The summed E-state index contributed by atoms with van der Waals surface area (Å²) in [6, 6.07) is 8.80. The molecule has 0 spiro atoms. The van der Waals surface area contributed by atoms with E-state index in [9.17, 15) is 9.90 Å². The van der Waals surface area contributed by atoms with Crippen LogP contribution in [0.2, 0.25) is 0 Å². The van der Waals surface area contributed by atoms with Gasteiger partial charge in [0.15, 0.2) is 0 Å². The minimum absolute atomic E-state index is 0.0173. The summed E-state index contributed by atoms with van der Waals surface area (Å²) in [4.78, 5) is 12.1. The highest BCUT2D eigenvalue weighted by Crippen LogP contribution is 2.20. The van der Waals surface area contributed by atoms with Crippen molar-refractivity contribution in [2.24, 2.45) is 0 Å². The predicted octanol–water partition coefficient (Wildman–Crippen LogP) is 1.58. The van der Waals surface area contributed by atoms with Gasteiger partial charge in [0.2, 0.25) is 0 Å². The molecule has 112 valence electrons. The van der Waals surface area contributed by atoms with Crippen molar-refractivity contribution in [1.29, 1.82) is 0 Å². The monoisotopic (exact) mass is 289 g/mol. The second-order valence-electron chi connectivity index (χ2n) is 4.75. The fourth-order valence-electron chi connectivity index (χ4n) is 2.05. The first-order valence-electron chi connectivity index (χ1n) is 6.71. The van der Waals surface area contributed by atoms with Gasteiger partial charge in [-0.1, -0.05) is 12.1 Å². The highest BCUT2D eigenvalue weighted by molar-refractivity contribution is 5.92. The molecule has 0 bridgehead atoms. The maximum Gasteiger partial charge on any atom is 0.272 e. The van der Waals surface area contributed by atoms with Crippen molar-refractivity contribution in [3.05, 3.63) is 47.3 Å². The standard InChI is InChI=1S/C15H19N3O3/c1-10-9-14(18-17-10)15(20)16-13(7-8-19)11-3-5-12(21-2)6-4-11/h3-6,9,13,19H,7-8H2,1-2H3,(H,16,20)(H,17,18)/t13-/m1/s1. The number of ether oxygens (including phenoxy) is 1. The summed E-state index contributed by atoms with van der Waals surface area (Å²) < 4.78 is 5.11. The average molecular weight is 289 g/mol. The van der Waals surface area contributed by atoms with Gasteiger partial charge in [0.05, 0.1) is 13.2 Å². The van der Waals surface area contributed by atoms with Crippen LogP contribution in [0.25, 0.3) is 0 Å². The SMILES string of the molecule is COc1ccc([C@@H](CCO)NC(=O)c2cc(C)[nH]n2)cc1. The van der Waals surface area contributed by atoms with E-state index in [0.717, 1.165) is 17.0 Å². The number of carbonyl (C=O) groups excluding carboxylic acids is 1. The van der Waals surface area contributed by atoms with Crippen molar-refractivity contribution < 1.29 is 14.6 Å². The topological polar surface area (TPSA) is 87.2 Å². The lowest BCUT2D eigenvalue weighted by molar-refractivity contribution is 0.0925. The van der Waals surface area contributed by atoms with Crippen LogP contribution in [0, 0.1) is 6.92 Å². The van der Waals surface area contributed by atoms with Gasteiger partial charge >= 0.3 is 0 Å². The Morgan fingerprint density at radius 2 is 2.14 bits per heavy atom. The van der Waals surface area contributed by atoms with E-state index in [1.807, 2.05) is 31.2 Å². The Balaban J connectivity index is 2.12. The number of amides is 1. The van der Waals surface area contributed by atoms with Crippen molar-refractivity contribution in [2.45, 2.75) is 19.4 Å². The molecule has 3 N–H and O–H groups in total. The van der Waals surface area contributed by atoms with Crippen molar-refractivity contribution >= 4 is 5.91 Å². The van der Waals surface area contributed by atoms with E-state index in [2.05, 4.69) is 15.5 Å². The molecule has 1 atom stereocenters. The lowest BCUT2D eigenvalue weighted by atomic mass is 10.0. The number of hydrogen-bond acceptors (Lipinski definition) is 4. The Hall–Kier alpha value is -2.34. The Morgan fingerprint density at radius 1 is 1.43 bits per heavy atom. The van der Waals surface area contributed by atoms with Gasteiger partial charge in [0.25, 0.3) is 5.91 Å². The van der Waals surface area contributed by atoms with E-state index in [1.165, 1.54) is 0 Å². The molecule has 0 aliphatic heterocycles. The molecule has 2 rings (SSSR count). The molecule has 0 saturated heterocycles. The van der Waals surface area contributed by atoms with E-state index >= 15 is 0 Å². The first-order chi connectivity index (χ1) is 10.1. The smallest absolute Gasteiger partial charge is 0.272 e. The second-order valence-corrected chi connectivity index (χ2v) is 4.75. The van der Waals surface area contributed by atoms with Gasteiger partial charge in [-0.2, -0.15) is 5.10 Å². The predicted molar refractivity (Wildman–Crippen MR) is 78.2 cm³/mol. The number of hydrogen-bond donors (Lipinski definition) is 3. The molecule has 1 aromatic carbocycles. The number of methoxy groups -OCH3 is 1. The Bertz CT molecular complexity index is 592. The number of aromatic amines is 1. The second kappa shape index (κ2) is 6.90. The summed E-state index contributed by atoms with van der Waals surface area (Å²) in [5.41, 5.74) is 2.07. The lowest BCUT2D eigenvalue weighted by Crippen LogP contribution is -2.29. The van der Waals surface area contributed by atoms with Gasteiger partial charge in [0, 0.05) is 12.3 Å². The molecule has 6 heteroatoms. The van der Waals surface area contributed by atoms with Gasteiger partial charge in [-0.3, -0.25) is 9.89 Å². The molecule has 0 unspecified atom stereocenters. The zero-order valence-electron chi connectivity index (χ0n) is 12.1. The molecule has 0 aliphatic carbocycles. The number of nitrogens with one attached hydrogen (secondary N) is 2. The number of aromatic nitrogens is 2. The van der Waals surface area contributed by atoms with E-state index in [0.29, 0.717) is 12.1 Å². The summed E-state index contributed by atoms with van der Waals surface area (Å²) in [5, 5.41) is 18.7. The Morgan fingerprint density at radius 3 is 2.67 bits per heavy atom. The third kappa shape index (κ3) is 3.82. The summed E-state index contributed by atoms with van der Waals surface area (Å²) in [7, 11) is 1.60. The fourth-order valence-corrected chi connectivity index (χ4v) is 2.05. The average Bonchev–Trinajstić information content (AvgIpc) is 2.93. The summed E-state index contributed by atoms with van der Waals surface area (Å²) in [6.07, 6.45) is 0.432. The molecule has 1 aromatic heterocycles. The van der Waals surface area contributed by atoms with E-state index in [1.54, 1.807) is 13.2 Å². The van der Waals surface area contributed by atoms with Crippen molar-refractivity contribution in [3.8, 4) is 5.75 Å². The number of rotatable bonds is 6. The maximum atomic E-state index is 12.1. The van der Waals surface area contributed by atoms with Gasteiger partial charge < -0.3 is 15.2 Å². The first-order valence-corrected chi connectivity index (χ1v) is 6.71. The van der Waals surface area contributed by atoms with Crippen LogP contribution in [-0.4, -0.2) is 34.9 Å². The number of aliphatic hydroxyl groups is 1. The van der Waals surface area contributed by atoms with Crippen LogP contribution < -0.4 is 10.1 Å². The molecule has 6 nitrogen and oxygen atoms in total. The van der Waals surface area contributed by atoms with Crippen molar-refractivity contribution in [2.75, 3.05) is 13.7 Å². The molecule has 1 amide bonds. The van der Waals surface area contributed by atoms with Crippen molar-refractivity contribution in [3.63, 3.8) is 0 Å². The van der Waals surface area contributed by atoms with Crippen LogP contribution in [0.1, 0.15) is 34.2 Å². The van der Waals surface area contributed by atoms with Crippen LogP contribution in [-0.2, 0) is 0 Å². The van der Waals surface area contributed by atoms with Crippen LogP contribution in [0.4, 0.5) is 0 Å². The number of nitrogens with zero attached hydrogens (tertiary/aromatic N) is 1. The zero-order chi connectivity index (χ0) is 15.2. The van der Waals surface area contributed by atoms with Crippen LogP contribution in [0.15, 0.2) is 30.3 Å². The summed E-state index contributed by atoms with van der Waals surface area (Å²) in [6.45, 7) is 1.81. The normalized spacial score (nSPS) is 12.0. The molecule has 2 aromatic rings. The van der Waals surface area contributed by atoms with Crippen LogP contribution in [0.5, 0.6) is 5.75 Å². The molecular weight excluding hydrogens is 270 g/mol. The number of aliphatic hydroxyl groups excluding tert-OH is 1. The molecule has 21 heavy (non-hydrogen) atoms. The third-order valence-electron chi connectivity index (χ3n) is 3.18. The highest BCUT2D eigenvalue weighted by Gasteiger charge is 2.17. The first kappa shape index (κ1) is 15.1. The van der Waals surface area contributed by atoms with Crippen LogP contribution in [0.3, 0.4) is 0 Å². The summed E-state index contributed by atoms with van der Waals surface area (Å²) in [5.74, 6) is 0.476. The van der Waals surface area contributed by atoms with Gasteiger partial charge in [-0.05, 0) is 37.1 Å². The molecule has 0 aliphatic rings. The van der Waals surface area contributed by atoms with Crippen LogP contribution >= 0.6 is 0 Å². The summed E-state index contributed by atoms with van der Waals surface area (Å²) >= 11 is 0. The minimum atomic E-state index is -0.273. The van der Waals surface area contributed by atoms with E-state index < -0.39 is 0 Å². The molecule has 0 saturated carbocycles. The number of H-pyrrole nitrogens is 1. The van der Waals surface area contributed by atoms with Gasteiger partial charge in [-0.15, -0.1) is 0 Å². The van der Waals surface area contributed by atoms with E-state index in [4.69, 9.17) is 4.74 Å². The third-order valence-corrected chi connectivity index (χ3v) is 3.18. The number of benzene rings is 1. The largest absolute Gasteiger partial charge is 0.497 e. The molecule has 1 heterocycles. The number of carbonyl (C=O) groups is 1. The molecule has 0 radical (unpaired) electrons. The molecule has 0 fully saturated rings. The van der Waals surface area contributed by atoms with E-state index in [-0.39, 0.29) is 18.6 Å². The van der Waals surface area contributed by atoms with Crippen molar-refractivity contribution in [1.82, 2.24) is 15.5 Å². The highest BCUT2D eigenvalue weighted by atomic mass is 16.5. The lowest BCUT2D eigenvalue weighted by Gasteiger charge is -2.18.